The van der Waals surface area contributed by atoms with Gasteiger partial charge in [0.15, 0.2) is 0 Å². The molecule has 0 aromatic heterocycles. The predicted octanol–water partition coefficient (Wildman–Crippen LogP) is 4.23. The SMILES string of the molecule is Cc1ccc(C(=O)N(C)N(C(=O)c2cccc(C)c2)C(C)(C)C)cc1. The molecule has 0 heterocycles. The highest BCUT2D eigenvalue weighted by Crippen LogP contribution is 2.21. The standard InChI is InChI=1S/C21H26N2O2/c1-15-10-12-17(13-11-15)19(24)22(6)23(21(3,4)5)20(25)18-9-7-8-16(2)14-18/h7-14H,1-6H3. The number of hydrazine groups is 1. The zero-order valence-corrected chi connectivity index (χ0v) is 15.8. The van der Waals surface area contributed by atoms with E-state index in [1.807, 2.05) is 65.0 Å². The van der Waals surface area contributed by atoms with Crippen molar-refractivity contribution in [1.82, 2.24) is 10.0 Å². The molecule has 0 bridgehead atoms. The van der Waals surface area contributed by atoms with Crippen molar-refractivity contribution in [1.29, 1.82) is 0 Å². The lowest BCUT2D eigenvalue weighted by atomic mass is 10.0. The number of amides is 2. The van der Waals surface area contributed by atoms with Gasteiger partial charge in [0, 0.05) is 18.2 Å². The van der Waals surface area contributed by atoms with E-state index in [0.29, 0.717) is 11.1 Å². The van der Waals surface area contributed by atoms with Gasteiger partial charge in [-0.3, -0.25) is 9.59 Å². The molecule has 2 aromatic rings. The topological polar surface area (TPSA) is 40.6 Å². The molecule has 4 heteroatoms. The average Bonchev–Trinajstić information content (AvgIpc) is 2.53. The highest BCUT2D eigenvalue weighted by atomic mass is 16.2. The molecule has 0 fully saturated rings. The van der Waals surface area contributed by atoms with Gasteiger partial charge in [0.1, 0.15) is 0 Å². The van der Waals surface area contributed by atoms with Gasteiger partial charge in [-0.15, -0.1) is 0 Å². The fourth-order valence-corrected chi connectivity index (χ4v) is 2.77. The first-order chi connectivity index (χ1) is 11.6. The summed E-state index contributed by atoms with van der Waals surface area (Å²) in [6, 6.07) is 14.8. The van der Waals surface area contributed by atoms with E-state index < -0.39 is 5.54 Å². The second-order valence-electron chi connectivity index (χ2n) is 7.35. The Morgan fingerprint density at radius 1 is 0.800 bits per heavy atom. The Morgan fingerprint density at radius 3 is 1.92 bits per heavy atom. The first kappa shape index (κ1) is 18.7. The number of carbonyl (C=O) groups is 2. The Morgan fingerprint density at radius 2 is 1.40 bits per heavy atom. The largest absolute Gasteiger partial charge is 0.272 e. The minimum Gasteiger partial charge on any atom is -0.267 e. The second-order valence-corrected chi connectivity index (χ2v) is 7.35. The van der Waals surface area contributed by atoms with Crippen molar-refractivity contribution < 1.29 is 9.59 Å². The van der Waals surface area contributed by atoms with Gasteiger partial charge in [0.2, 0.25) is 0 Å². The van der Waals surface area contributed by atoms with Gasteiger partial charge in [-0.1, -0.05) is 35.4 Å². The third-order valence-electron chi connectivity index (χ3n) is 3.99. The van der Waals surface area contributed by atoms with Crippen molar-refractivity contribution in [3.8, 4) is 0 Å². The lowest BCUT2D eigenvalue weighted by Gasteiger charge is -2.41. The molecule has 132 valence electrons. The number of hydrogen-bond donors (Lipinski definition) is 0. The van der Waals surface area contributed by atoms with Gasteiger partial charge < -0.3 is 0 Å². The predicted molar refractivity (Wildman–Crippen MR) is 100 cm³/mol. The van der Waals surface area contributed by atoms with Crippen LogP contribution in [0.25, 0.3) is 0 Å². The quantitative estimate of drug-likeness (QED) is 0.769. The number of aryl methyl sites for hydroxylation is 2. The molecular weight excluding hydrogens is 312 g/mol. The van der Waals surface area contributed by atoms with Gasteiger partial charge in [-0.25, -0.2) is 10.0 Å². The highest BCUT2D eigenvalue weighted by Gasteiger charge is 2.33. The number of hydrogen-bond acceptors (Lipinski definition) is 2. The van der Waals surface area contributed by atoms with Crippen LogP contribution in [0.3, 0.4) is 0 Å². The number of rotatable bonds is 2. The van der Waals surface area contributed by atoms with Crippen LogP contribution >= 0.6 is 0 Å². The molecule has 2 aromatic carbocycles. The number of carbonyl (C=O) groups excluding carboxylic acids is 2. The van der Waals surface area contributed by atoms with E-state index in [1.54, 1.807) is 25.2 Å². The molecule has 2 amide bonds. The molecule has 0 unspecified atom stereocenters. The summed E-state index contributed by atoms with van der Waals surface area (Å²) in [7, 11) is 1.64. The van der Waals surface area contributed by atoms with E-state index in [1.165, 1.54) is 10.0 Å². The Hall–Kier alpha value is -2.62. The fourth-order valence-electron chi connectivity index (χ4n) is 2.77. The molecular formula is C21H26N2O2. The molecule has 0 aliphatic rings. The minimum absolute atomic E-state index is 0.195. The van der Waals surface area contributed by atoms with Crippen LogP contribution in [0.4, 0.5) is 0 Å². The van der Waals surface area contributed by atoms with Crippen molar-refractivity contribution in [3.05, 3.63) is 70.8 Å². The van der Waals surface area contributed by atoms with Crippen LogP contribution in [0.2, 0.25) is 0 Å². The van der Waals surface area contributed by atoms with Crippen molar-refractivity contribution in [2.45, 2.75) is 40.2 Å². The van der Waals surface area contributed by atoms with Gasteiger partial charge >= 0.3 is 0 Å². The Balaban J connectivity index is 2.38. The molecule has 0 spiro atoms. The van der Waals surface area contributed by atoms with Gasteiger partial charge in [0.05, 0.1) is 5.54 Å². The Labute approximate surface area is 150 Å². The van der Waals surface area contributed by atoms with Crippen molar-refractivity contribution in [2.24, 2.45) is 0 Å². The zero-order valence-electron chi connectivity index (χ0n) is 15.8. The summed E-state index contributed by atoms with van der Waals surface area (Å²) in [6.45, 7) is 9.67. The maximum atomic E-state index is 13.1. The van der Waals surface area contributed by atoms with Crippen LogP contribution in [-0.2, 0) is 0 Å². The number of nitrogens with zero attached hydrogens (tertiary/aromatic N) is 2. The summed E-state index contributed by atoms with van der Waals surface area (Å²) in [5.41, 5.74) is 2.67. The minimum atomic E-state index is -0.546. The summed E-state index contributed by atoms with van der Waals surface area (Å²) >= 11 is 0. The van der Waals surface area contributed by atoms with E-state index in [2.05, 4.69) is 0 Å². The molecule has 2 rings (SSSR count). The Bertz CT molecular complexity index is 773. The van der Waals surface area contributed by atoms with Gasteiger partial charge in [0.25, 0.3) is 11.8 Å². The first-order valence-corrected chi connectivity index (χ1v) is 8.37. The van der Waals surface area contributed by atoms with Crippen molar-refractivity contribution in [3.63, 3.8) is 0 Å². The summed E-state index contributed by atoms with van der Waals surface area (Å²) in [5, 5.41) is 2.93. The van der Waals surface area contributed by atoms with Crippen LogP contribution in [0.15, 0.2) is 48.5 Å². The van der Waals surface area contributed by atoms with Crippen LogP contribution in [0.1, 0.15) is 52.6 Å². The number of benzene rings is 2. The summed E-state index contributed by atoms with van der Waals surface area (Å²) in [5.74, 6) is -0.407. The average molecular weight is 338 g/mol. The smallest absolute Gasteiger partial charge is 0.267 e. The molecule has 0 saturated carbocycles. The third-order valence-corrected chi connectivity index (χ3v) is 3.99. The molecule has 0 radical (unpaired) electrons. The molecule has 25 heavy (non-hydrogen) atoms. The third kappa shape index (κ3) is 4.27. The lowest BCUT2D eigenvalue weighted by Crippen LogP contribution is -2.56. The van der Waals surface area contributed by atoms with Gasteiger partial charge in [-0.05, 0) is 58.9 Å². The van der Waals surface area contributed by atoms with E-state index in [4.69, 9.17) is 0 Å². The van der Waals surface area contributed by atoms with E-state index >= 15 is 0 Å². The van der Waals surface area contributed by atoms with E-state index in [9.17, 15) is 9.59 Å². The van der Waals surface area contributed by atoms with Crippen LogP contribution in [0.5, 0.6) is 0 Å². The fraction of sp³-hybridized carbons (Fsp3) is 0.333. The molecule has 0 saturated heterocycles. The maximum Gasteiger partial charge on any atom is 0.272 e. The monoisotopic (exact) mass is 338 g/mol. The van der Waals surface area contributed by atoms with E-state index in [-0.39, 0.29) is 11.8 Å². The summed E-state index contributed by atoms with van der Waals surface area (Å²) < 4.78 is 0. The summed E-state index contributed by atoms with van der Waals surface area (Å²) in [4.78, 5) is 26.0. The highest BCUT2D eigenvalue weighted by molar-refractivity contribution is 5.99. The Kier molecular flexibility index (Phi) is 5.31. The molecule has 0 aliphatic heterocycles. The summed E-state index contributed by atoms with van der Waals surface area (Å²) in [6.07, 6.45) is 0. The van der Waals surface area contributed by atoms with E-state index in [0.717, 1.165) is 11.1 Å². The molecule has 0 N–H and O–H groups in total. The van der Waals surface area contributed by atoms with Crippen LogP contribution in [-0.4, -0.2) is 34.4 Å². The molecule has 0 aliphatic carbocycles. The second kappa shape index (κ2) is 7.09. The molecule has 4 nitrogen and oxygen atoms in total. The van der Waals surface area contributed by atoms with Crippen molar-refractivity contribution in [2.75, 3.05) is 7.05 Å². The molecule has 0 atom stereocenters. The lowest BCUT2D eigenvalue weighted by molar-refractivity contribution is -0.0308. The van der Waals surface area contributed by atoms with Crippen LogP contribution < -0.4 is 0 Å². The normalized spacial score (nSPS) is 11.1. The maximum absolute atomic E-state index is 13.1. The van der Waals surface area contributed by atoms with Crippen LogP contribution in [0, 0.1) is 13.8 Å². The first-order valence-electron chi connectivity index (χ1n) is 8.37. The zero-order chi connectivity index (χ0) is 18.8. The van der Waals surface area contributed by atoms with Gasteiger partial charge in [-0.2, -0.15) is 0 Å². The van der Waals surface area contributed by atoms with Crippen molar-refractivity contribution >= 4 is 11.8 Å².